The summed E-state index contributed by atoms with van der Waals surface area (Å²) in [4.78, 5) is 0.688. The van der Waals surface area contributed by atoms with E-state index in [0.29, 0.717) is 19.3 Å². The third-order valence-electron chi connectivity index (χ3n) is 2.93. The summed E-state index contributed by atoms with van der Waals surface area (Å²) >= 11 is 5.80. The maximum Gasteiger partial charge on any atom is 0.208 e. The third kappa shape index (κ3) is 5.01. The predicted molar refractivity (Wildman–Crippen MR) is 110 cm³/mol. The van der Waals surface area contributed by atoms with E-state index in [0.717, 1.165) is 0 Å². The molecule has 2 aromatic rings. The van der Waals surface area contributed by atoms with Gasteiger partial charge in [0.2, 0.25) is 9.84 Å². The Labute approximate surface area is 169 Å². The van der Waals surface area contributed by atoms with E-state index in [-0.39, 0.29) is 34.6 Å². The maximum atomic E-state index is 13.0. The summed E-state index contributed by atoms with van der Waals surface area (Å²) in [6.07, 6.45) is 3.37. The highest BCUT2D eigenvalue weighted by atomic mass is 79.9. The Hall–Kier alpha value is -1.00. The molecule has 0 saturated carbocycles. The molecule has 10 heteroatoms. The van der Waals surface area contributed by atoms with E-state index in [9.17, 15) is 8.42 Å². The molecule has 0 unspecified atom stereocenters. The van der Waals surface area contributed by atoms with Gasteiger partial charge in [0.25, 0.3) is 0 Å². The number of thiophene rings is 1. The second-order valence-electron chi connectivity index (χ2n) is 4.61. The fourth-order valence-corrected chi connectivity index (χ4v) is 6.42. The minimum atomic E-state index is -3.76. The number of ether oxygens (including phenoxy) is 1. The minimum Gasteiger partial charge on any atom is -0.489 e. The van der Waals surface area contributed by atoms with Crippen molar-refractivity contribution in [3.63, 3.8) is 0 Å². The molecule has 0 bridgehead atoms. The fraction of sp³-hybridized carbons (Fsp3) is 0.133. The van der Waals surface area contributed by atoms with Gasteiger partial charge in [0, 0.05) is 4.47 Å². The number of nitrogens with two attached hydrogens (primary N) is 1. The van der Waals surface area contributed by atoms with Gasteiger partial charge in [0.05, 0.1) is 18.9 Å². The van der Waals surface area contributed by atoms with Crippen molar-refractivity contribution in [3.8, 4) is 5.75 Å². The summed E-state index contributed by atoms with van der Waals surface area (Å²) in [5.74, 6) is 0.275. The quantitative estimate of drug-likeness (QED) is 0.264. The summed E-state index contributed by atoms with van der Waals surface area (Å²) in [5, 5.41) is 7.52. The van der Waals surface area contributed by atoms with E-state index in [1.165, 1.54) is 41.3 Å². The molecule has 136 valence electrons. The van der Waals surface area contributed by atoms with Crippen LogP contribution in [0.1, 0.15) is 4.88 Å². The van der Waals surface area contributed by atoms with Crippen LogP contribution in [0.15, 0.2) is 55.4 Å². The van der Waals surface area contributed by atoms with Gasteiger partial charge in [-0.3, -0.25) is 5.41 Å². The standard InChI is InChI=1S/C15H15BrN2O3S3.ClH/c1-3-4-21-10-5-9(16)6-11(7-10)24(19,20)13-8-12(14(17)18)23-15(13)22-2;/h3,5-8H,1,4H2,2H3,(H3,17,18);1H. The van der Waals surface area contributed by atoms with Crippen molar-refractivity contribution < 1.29 is 13.2 Å². The smallest absolute Gasteiger partial charge is 0.208 e. The highest BCUT2D eigenvalue weighted by Gasteiger charge is 2.25. The van der Waals surface area contributed by atoms with Gasteiger partial charge < -0.3 is 10.5 Å². The Bertz CT molecular complexity index is 897. The van der Waals surface area contributed by atoms with Gasteiger partial charge in [-0.2, -0.15) is 0 Å². The third-order valence-corrected chi connectivity index (χ3v) is 7.71. The summed E-state index contributed by atoms with van der Waals surface area (Å²) in [7, 11) is -3.76. The molecule has 0 radical (unpaired) electrons. The number of hydrogen-bond acceptors (Lipinski definition) is 6. The van der Waals surface area contributed by atoms with E-state index in [1.807, 2.05) is 0 Å². The molecule has 0 atom stereocenters. The first-order valence-corrected chi connectivity index (χ1v) is 10.9. The topological polar surface area (TPSA) is 93.2 Å². The van der Waals surface area contributed by atoms with Crippen LogP contribution in [0, 0.1) is 5.41 Å². The Morgan fingerprint density at radius 2 is 2.12 bits per heavy atom. The van der Waals surface area contributed by atoms with E-state index in [4.69, 9.17) is 15.9 Å². The lowest BCUT2D eigenvalue weighted by atomic mass is 10.3. The monoisotopic (exact) mass is 482 g/mol. The number of rotatable bonds is 7. The Kier molecular flexibility index (Phi) is 8.01. The zero-order valence-electron chi connectivity index (χ0n) is 13.1. The van der Waals surface area contributed by atoms with Crippen LogP contribution < -0.4 is 10.5 Å². The van der Waals surface area contributed by atoms with Crippen molar-refractivity contribution in [2.45, 2.75) is 14.0 Å². The summed E-state index contributed by atoms with van der Waals surface area (Å²) in [6, 6.07) is 6.12. The molecule has 3 N–H and O–H groups in total. The second-order valence-corrected chi connectivity index (χ2v) is 9.57. The molecule has 5 nitrogen and oxygen atoms in total. The van der Waals surface area contributed by atoms with Crippen LogP contribution >= 0.6 is 51.4 Å². The van der Waals surface area contributed by atoms with Gasteiger partial charge >= 0.3 is 0 Å². The van der Waals surface area contributed by atoms with E-state index in [1.54, 1.807) is 18.4 Å². The first-order valence-electron chi connectivity index (χ1n) is 6.61. The van der Waals surface area contributed by atoms with E-state index >= 15 is 0 Å². The number of thioether (sulfide) groups is 1. The van der Waals surface area contributed by atoms with Crippen LogP contribution in [0.2, 0.25) is 0 Å². The van der Waals surface area contributed by atoms with Crippen molar-refractivity contribution in [1.29, 1.82) is 5.41 Å². The summed E-state index contributed by atoms with van der Waals surface area (Å²) < 4.78 is 32.6. The van der Waals surface area contributed by atoms with E-state index < -0.39 is 9.84 Å². The number of hydrogen-bond donors (Lipinski definition) is 2. The lowest BCUT2D eigenvalue weighted by Crippen LogP contribution is -2.09. The molecule has 0 aliphatic carbocycles. The molecular weight excluding hydrogens is 468 g/mol. The maximum absolute atomic E-state index is 13.0. The largest absolute Gasteiger partial charge is 0.489 e. The Balaban J connectivity index is 0.00000312. The zero-order valence-corrected chi connectivity index (χ0v) is 18.0. The van der Waals surface area contributed by atoms with Gasteiger partial charge in [0.15, 0.2) is 0 Å². The highest BCUT2D eigenvalue weighted by molar-refractivity contribution is 9.10. The van der Waals surface area contributed by atoms with Gasteiger partial charge in [-0.05, 0) is 30.5 Å². The molecule has 0 amide bonds. The highest BCUT2D eigenvalue weighted by Crippen LogP contribution is 2.38. The number of nitrogen functional groups attached to an aromatic ring is 1. The Morgan fingerprint density at radius 1 is 1.44 bits per heavy atom. The van der Waals surface area contributed by atoms with Gasteiger partial charge in [0.1, 0.15) is 18.2 Å². The van der Waals surface area contributed by atoms with Crippen LogP contribution in [-0.2, 0) is 9.84 Å². The Morgan fingerprint density at radius 3 is 2.68 bits per heavy atom. The number of benzene rings is 1. The predicted octanol–water partition coefficient (Wildman–Crippen LogP) is 4.34. The zero-order chi connectivity index (χ0) is 17.9. The average molecular weight is 484 g/mol. The molecule has 0 aliphatic rings. The lowest BCUT2D eigenvalue weighted by molar-refractivity contribution is 0.362. The van der Waals surface area contributed by atoms with Crippen molar-refractivity contribution in [3.05, 3.63) is 46.3 Å². The van der Waals surface area contributed by atoms with Crippen LogP contribution in [0.5, 0.6) is 5.75 Å². The van der Waals surface area contributed by atoms with Gasteiger partial charge in [-0.15, -0.1) is 35.5 Å². The van der Waals surface area contributed by atoms with Crippen LogP contribution in [0.3, 0.4) is 0 Å². The molecule has 1 heterocycles. The van der Waals surface area contributed by atoms with Gasteiger partial charge in [-0.25, -0.2) is 8.42 Å². The minimum absolute atomic E-state index is 0. The van der Waals surface area contributed by atoms with Gasteiger partial charge in [-0.1, -0.05) is 28.6 Å². The fourth-order valence-electron chi connectivity index (χ4n) is 1.88. The number of halogens is 2. The molecule has 0 aliphatic heterocycles. The number of nitrogens with one attached hydrogen (secondary N) is 1. The first-order chi connectivity index (χ1) is 11.3. The molecule has 25 heavy (non-hydrogen) atoms. The van der Waals surface area contributed by atoms with Crippen molar-refractivity contribution in [2.24, 2.45) is 5.73 Å². The molecule has 0 fully saturated rings. The first kappa shape index (κ1) is 22.0. The summed E-state index contributed by atoms with van der Waals surface area (Å²) in [5.41, 5.74) is 5.49. The second kappa shape index (κ2) is 9.09. The van der Waals surface area contributed by atoms with Crippen molar-refractivity contribution >= 4 is 67.1 Å². The van der Waals surface area contributed by atoms with Crippen molar-refractivity contribution in [2.75, 3.05) is 12.9 Å². The van der Waals surface area contributed by atoms with E-state index in [2.05, 4.69) is 22.5 Å². The van der Waals surface area contributed by atoms with Crippen molar-refractivity contribution in [1.82, 2.24) is 0 Å². The molecule has 0 spiro atoms. The molecule has 1 aromatic heterocycles. The molecule has 2 rings (SSSR count). The van der Waals surface area contributed by atoms with Crippen LogP contribution in [-0.4, -0.2) is 27.1 Å². The SMILES string of the molecule is C=CCOc1cc(Br)cc(S(=O)(=O)c2cc(C(=N)N)sc2SC)c1.Cl. The average Bonchev–Trinajstić information content (AvgIpc) is 2.97. The number of amidine groups is 1. The molecule has 0 saturated heterocycles. The van der Waals surface area contributed by atoms with Crippen LogP contribution in [0.25, 0.3) is 0 Å². The normalized spacial score (nSPS) is 10.8. The molecule has 1 aromatic carbocycles. The lowest BCUT2D eigenvalue weighted by Gasteiger charge is -2.09. The summed E-state index contributed by atoms with van der Waals surface area (Å²) in [6.45, 7) is 3.85. The molecular formula is C15H16BrClN2O3S3. The number of sulfone groups is 1. The van der Waals surface area contributed by atoms with Crippen LogP contribution in [0.4, 0.5) is 0 Å².